The molecule has 2 N–H and O–H groups in total. The molecule has 0 saturated carbocycles. The van der Waals surface area contributed by atoms with Crippen molar-refractivity contribution in [2.45, 2.75) is 57.5 Å². The number of fused-ring (bicyclic) bond motifs is 1. The van der Waals surface area contributed by atoms with Crippen molar-refractivity contribution in [3.8, 4) is 0 Å². The minimum absolute atomic E-state index is 0.0514. The number of hydrogen-bond acceptors (Lipinski definition) is 3. The second kappa shape index (κ2) is 5.33. The molecule has 5 nitrogen and oxygen atoms in total. The van der Waals surface area contributed by atoms with Crippen molar-refractivity contribution in [1.82, 2.24) is 14.9 Å². The average Bonchev–Trinajstić information content (AvgIpc) is 2.78. The topological polar surface area (TPSA) is 67.2 Å². The van der Waals surface area contributed by atoms with Crippen LogP contribution in [0.15, 0.2) is 0 Å². The van der Waals surface area contributed by atoms with E-state index in [1.165, 1.54) is 19.3 Å². The van der Waals surface area contributed by atoms with Crippen molar-refractivity contribution in [1.29, 1.82) is 0 Å². The zero-order valence-corrected chi connectivity index (χ0v) is 11.2. The molecule has 1 aromatic heterocycles. The summed E-state index contributed by atoms with van der Waals surface area (Å²) in [6.45, 7) is 1.06. The smallest absolute Gasteiger partial charge is 0.323 e. The Bertz CT molecular complexity index is 475. The highest BCUT2D eigenvalue weighted by molar-refractivity contribution is 5.66. The third-order valence-electron chi connectivity index (χ3n) is 4.18. The Balaban J connectivity index is 1.96. The lowest BCUT2D eigenvalue weighted by Crippen LogP contribution is -2.30. The van der Waals surface area contributed by atoms with Gasteiger partial charge in [0.25, 0.3) is 0 Å². The standard InChI is InChI=1S/C14H21N3O2/c18-13(19)9-17-12-7-2-1-5-10(12)16-14(17)11-6-3-4-8-15-11/h11,15H,1-9H2,(H,18,19). The molecule has 2 aliphatic rings. The van der Waals surface area contributed by atoms with Crippen molar-refractivity contribution >= 4 is 5.97 Å². The van der Waals surface area contributed by atoms with Gasteiger partial charge in [-0.25, -0.2) is 4.98 Å². The molecule has 5 heteroatoms. The van der Waals surface area contributed by atoms with Crippen LogP contribution in [-0.4, -0.2) is 27.2 Å². The van der Waals surface area contributed by atoms with Gasteiger partial charge in [0.15, 0.2) is 0 Å². The fourth-order valence-corrected chi connectivity index (χ4v) is 3.27. The number of piperidine rings is 1. The van der Waals surface area contributed by atoms with Crippen LogP contribution in [0.4, 0.5) is 0 Å². The largest absolute Gasteiger partial charge is 0.480 e. The van der Waals surface area contributed by atoms with E-state index >= 15 is 0 Å². The van der Waals surface area contributed by atoms with Gasteiger partial charge in [-0.1, -0.05) is 6.42 Å². The molecule has 1 saturated heterocycles. The number of carboxylic acids is 1. The van der Waals surface area contributed by atoms with E-state index < -0.39 is 5.97 Å². The van der Waals surface area contributed by atoms with Crippen LogP contribution >= 0.6 is 0 Å². The maximum atomic E-state index is 11.1. The van der Waals surface area contributed by atoms with Crippen LogP contribution in [0.2, 0.25) is 0 Å². The Morgan fingerprint density at radius 3 is 2.89 bits per heavy atom. The first kappa shape index (κ1) is 12.7. The minimum atomic E-state index is -0.775. The molecule has 1 unspecified atom stereocenters. The number of hydrogen-bond donors (Lipinski definition) is 2. The normalized spacial score (nSPS) is 23.1. The van der Waals surface area contributed by atoms with Gasteiger partial charge in [-0.15, -0.1) is 0 Å². The molecule has 0 radical (unpaired) electrons. The lowest BCUT2D eigenvalue weighted by Gasteiger charge is -2.24. The number of aryl methyl sites for hydroxylation is 1. The number of imidazole rings is 1. The predicted molar refractivity (Wildman–Crippen MR) is 71.1 cm³/mol. The molecule has 0 bridgehead atoms. The SMILES string of the molecule is O=C(O)Cn1c(C2CCCCN2)nc2c1CCCC2. The fraction of sp³-hybridized carbons (Fsp3) is 0.714. The van der Waals surface area contributed by atoms with Gasteiger partial charge in [0.05, 0.1) is 11.7 Å². The second-order valence-corrected chi connectivity index (χ2v) is 5.55. The van der Waals surface area contributed by atoms with Gasteiger partial charge in [-0.2, -0.15) is 0 Å². The third-order valence-corrected chi connectivity index (χ3v) is 4.18. The summed E-state index contributed by atoms with van der Waals surface area (Å²) in [4.78, 5) is 15.9. The molecular weight excluding hydrogens is 242 g/mol. The van der Waals surface area contributed by atoms with E-state index in [2.05, 4.69) is 5.32 Å². The van der Waals surface area contributed by atoms with E-state index in [0.717, 1.165) is 49.4 Å². The molecule has 1 aliphatic heterocycles. The van der Waals surface area contributed by atoms with E-state index in [0.29, 0.717) is 0 Å². The predicted octanol–water partition coefficient (Wildman–Crippen LogP) is 1.66. The number of nitrogens with zero attached hydrogens (tertiary/aromatic N) is 2. The summed E-state index contributed by atoms with van der Waals surface area (Å²) in [6.07, 6.45) is 7.77. The van der Waals surface area contributed by atoms with Crippen LogP contribution in [-0.2, 0) is 24.2 Å². The zero-order chi connectivity index (χ0) is 13.2. The molecule has 3 rings (SSSR count). The van der Waals surface area contributed by atoms with Crippen LogP contribution in [0.1, 0.15) is 55.4 Å². The summed E-state index contributed by atoms with van der Waals surface area (Å²) < 4.78 is 1.96. The lowest BCUT2D eigenvalue weighted by atomic mass is 10.0. The van der Waals surface area contributed by atoms with Crippen LogP contribution in [0, 0.1) is 0 Å². The van der Waals surface area contributed by atoms with Crippen LogP contribution in [0.25, 0.3) is 0 Å². The molecule has 1 atom stereocenters. The van der Waals surface area contributed by atoms with Crippen molar-refractivity contribution in [3.63, 3.8) is 0 Å². The van der Waals surface area contributed by atoms with E-state index in [4.69, 9.17) is 10.1 Å². The van der Waals surface area contributed by atoms with Gasteiger partial charge in [0.1, 0.15) is 12.4 Å². The molecular formula is C14H21N3O2. The molecule has 0 spiro atoms. The van der Waals surface area contributed by atoms with Gasteiger partial charge >= 0.3 is 5.97 Å². The molecule has 0 aromatic carbocycles. The molecule has 0 amide bonds. The van der Waals surface area contributed by atoms with Crippen LogP contribution < -0.4 is 5.32 Å². The zero-order valence-electron chi connectivity index (χ0n) is 11.2. The second-order valence-electron chi connectivity index (χ2n) is 5.55. The van der Waals surface area contributed by atoms with Crippen molar-refractivity contribution in [2.75, 3.05) is 6.54 Å². The fourth-order valence-electron chi connectivity index (χ4n) is 3.27. The highest BCUT2D eigenvalue weighted by atomic mass is 16.4. The van der Waals surface area contributed by atoms with Gasteiger partial charge < -0.3 is 15.0 Å². The van der Waals surface area contributed by atoms with Gasteiger partial charge in [-0.05, 0) is 45.1 Å². The minimum Gasteiger partial charge on any atom is -0.480 e. The van der Waals surface area contributed by atoms with Crippen molar-refractivity contribution in [2.24, 2.45) is 0 Å². The highest BCUT2D eigenvalue weighted by Gasteiger charge is 2.26. The molecule has 2 heterocycles. The number of nitrogens with one attached hydrogen (secondary N) is 1. The van der Waals surface area contributed by atoms with Gasteiger partial charge in [0.2, 0.25) is 0 Å². The summed E-state index contributed by atoms with van der Waals surface area (Å²) in [5, 5.41) is 12.6. The number of rotatable bonds is 3. The van der Waals surface area contributed by atoms with E-state index in [-0.39, 0.29) is 12.6 Å². The van der Waals surface area contributed by atoms with Crippen molar-refractivity contribution in [3.05, 3.63) is 17.2 Å². The number of carbonyl (C=O) groups is 1. The quantitative estimate of drug-likeness (QED) is 0.870. The van der Waals surface area contributed by atoms with E-state index in [1.54, 1.807) is 0 Å². The first-order valence-corrected chi connectivity index (χ1v) is 7.29. The Morgan fingerprint density at radius 2 is 2.16 bits per heavy atom. The Labute approximate surface area is 113 Å². The number of carboxylic acid groups (broad SMARTS) is 1. The Hall–Kier alpha value is -1.36. The maximum Gasteiger partial charge on any atom is 0.323 e. The lowest BCUT2D eigenvalue weighted by molar-refractivity contribution is -0.137. The summed E-state index contributed by atoms with van der Waals surface area (Å²) in [6, 6.07) is 0.235. The molecule has 104 valence electrons. The molecule has 1 fully saturated rings. The summed E-state index contributed by atoms with van der Waals surface area (Å²) in [5.41, 5.74) is 2.30. The highest BCUT2D eigenvalue weighted by Crippen LogP contribution is 2.28. The Kier molecular flexibility index (Phi) is 3.55. The molecule has 1 aromatic rings. The van der Waals surface area contributed by atoms with Crippen molar-refractivity contribution < 1.29 is 9.90 Å². The van der Waals surface area contributed by atoms with Gasteiger partial charge in [0, 0.05) is 5.69 Å². The summed E-state index contributed by atoms with van der Waals surface area (Å²) >= 11 is 0. The number of aromatic nitrogens is 2. The van der Waals surface area contributed by atoms with Crippen LogP contribution in [0.3, 0.4) is 0 Å². The Morgan fingerprint density at radius 1 is 1.32 bits per heavy atom. The number of aliphatic carboxylic acids is 1. The van der Waals surface area contributed by atoms with E-state index in [9.17, 15) is 4.79 Å². The molecule has 1 aliphatic carbocycles. The van der Waals surface area contributed by atoms with Gasteiger partial charge in [-0.3, -0.25) is 4.79 Å². The first-order valence-electron chi connectivity index (χ1n) is 7.29. The average molecular weight is 263 g/mol. The van der Waals surface area contributed by atoms with E-state index in [1.807, 2.05) is 4.57 Å². The first-order chi connectivity index (χ1) is 9.25. The van der Waals surface area contributed by atoms with Crippen LogP contribution in [0.5, 0.6) is 0 Å². The summed E-state index contributed by atoms with van der Waals surface area (Å²) in [5.74, 6) is 0.178. The summed E-state index contributed by atoms with van der Waals surface area (Å²) in [7, 11) is 0. The monoisotopic (exact) mass is 263 g/mol. The maximum absolute atomic E-state index is 11.1. The third kappa shape index (κ3) is 2.52. The molecule has 19 heavy (non-hydrogen) atoms.